The maximum absolute atomic E-state index is 11.1. The first-order valence-electron chi connectivity index (χ1n) is 6.40. The van der Waals surface area contributed by atoms with Crippen LogP contribution in [0.3, 0.4) is 0 Å². The largest absolute Gasteiger partial charge is 0.478 e. The van der Waals surface area contributed by atoms with E-state index in [1.807, 2.05) is 0 Å². The van der Waals surface area contributed by atoms with Gasteiger partial charge in [-0.1, -0.05) is 13.3 Å². The number of pyridine rings is 1. The van der Waals surface area contributed by atoms with Crippen molar-refractivity contribution in [1.82, 2.24) is 10.3 Å². The first-order chi connectivity index (χ1) is 8.70. The highest BCUT2D eigenvalue weighted by Gasteiger charge is 2.15. The molecule has 5 heteroatoms. The Morgan fingerprint density at radius 2 is 2.17 bits per heavy atom. The Morgan fingerprint density at radius 3 is 2.78 bits per heavy atom. The highest BCUT2D eigenvalue weighted by atomic mass is 16.4. The van der Waals surface area contributed by atoms with E-state index in [0.29, 0.717) is 5.56 Å². The van der Waals surface area contributed by atoms with Crippen molar-refractivity contribution in [2.45, 2.75) is 19.8 Å². The van der Waals surface area contributed by atoms with E-state index in [9.17, 15) is 4.79 Å². The molecular weight excluding hydrogens is 230 g/mol. The molecule has 1 saturated heterocycles. The van der Waals surface area contributed by atoms with Crippen molar-refractivity contribution in [3.8, 4) is 0 Å². The number of aromatic nitrogens is 1. The first-order valence-corrected chi connectivity index (χ1v) is 6.40. The van der Waals surface area contributed by atoms with Crippen molar-refractivity contribution in [1.29, 1.82) is 0 Å². The van der Waals surface area contributed by atoms with E-state index in [1.54, 1.807) is 12.1 Å². The molecular formula is C13H19N3O2. The fraction of sp³-hybridized carbons (Fsp3) is 0.538. The molecule has 0 aromatic carbocycles. The molecule has 2 N–H and O–H groups in total. The van der Waals surface area contributed by atoms with Gasteiger partial charge in [-0.25, -0.2) is 9.78 Å². The van der Waals surface area contributed by atoms with Gasteiger partial charge in [0, 0.05) is 31.9 Å². The van der Waals surface area contributed by atoms with Crippen LogP contribution >= 0.6 is 0 Å². The molecule has 5 nitrogen and oxygen atoms in total. The number of piperazine rings is 1. The zero-order valence-electron chi connectivity index (χ0n) is 10.6. The Morgan fingerprint density at radius 1 is 1.44 bits per heavy atom. The number of hydrogen-bond donors (Lipinski definition) is 2. The molecule has 0 radical (unpaired) electrons. The molecule has 0 bridgehead atoms. The van der Waals surface area contributed by atoms with E-state index >= 15 is 0 Å². The Hall–Kier alpha value is -1.62. The highest BCUT2D eigenvalue weighted by molar-refractivity contribution is 5.88. The number of nitrogens with zero attached hydrogens (tertiary/aromatic N) is 2. The van der Waals surface area contributed by atoms with Gasteiger partial charge in [-0.05, 0) is 18.6 Å². The molecule has 0 unspecified atom stereocenters. The van der Waals surface area contributed by atoms with Crippen LogP contribution in [-0.2, 0) is 6.42 Å². The molecule has 0 saturated carbocycles. The maximum Gasteiger partial charge on any atom is 0.335 e. The highest BCUT2D eigenvalue weighted by Crippen LogP contribution is 2.17. The van der Waals surface area contributed by atoms with Gasteiger partial charge in [-0.15, -0.1) is 0 Å². The molecule has 98 valence electrons. The summed E-state index contributed by atoms with van der Waals surface area (Å²) in [6, 6.07) is 3.35. The second kappa shape index (κ2) is 5.82. The van der Waals surface area contributed by atoms with Crippen LogP contribution in [0.1, 0.15) is 29.4 Å². The minimum Gasteiger partial charge on any atom is -0.478 e. The minimum absolute atomic E-state index is 0.335. The fourth-order valence-corrected chi connectivity index (χ4v) is 2.14. The second-order valence-electron chi connectivity index (χ2n) is 4.50. The van der Waals surface area contributed by atoms with Crippen LogP contribution in [0.5, 0.6) is 0 Å². The summed E-state index contributed by atoms with van der Waals surface area (Å²) in [6.07, 6.45) is 1.79. The van der Waals surface area contributed by atoms with Crippen molar-refractivity contribution >= 4 is 11.8 Å². The Labute approximate surface area is 107 Å². The van der Waals surface area contributed by atoms with Crippen LogP contribution in [0.4, 0.5) is 5.82 Å². The van der Waals surface area contributed by atoms with Gasteiger partial charge in [-0.2, -0.15) is 0 Å². The number of aryl methyl sites for hydroxylation is 1. The maximum atomic E-state index is 11.1. The van der Waals surface area contributed by atoms with E-state index in [4.69, 9.17) is 5.11 Å². The van der Waals surface area contributed by atoms with Crippen molar-refractivity contribution in [2.75, 3.05) is 31.1 Å². The molecule has 2 heterocycles. The Balaban J connectivity index is 2.29. The van der Waals surface area contributed by atoms with Gasteiger partial charge in [0.15, 0.2) is 0 Å². The molecule has 1 aromatic heterocycles. The zero-order valence-corrected chi connectivity index (χ0v) is 10.6. The van der Waals surface area contributed by atoms with Gasteiger partial charge < -0.3 is 15.3 Å². The molecule has 0 aliphatic carbocycles. The molecule has 1 aliphatic heterocycles. The summed E-state index contributed by atoms with van der Waals surface area (Å²) in [4.78, 5) is 17.8. The summed E-state index contributed by atoms with van der Waals surface area (Å²) < 4.78 is 0. The topological polar surface area (TPSA) is 65.5 Å². The van der Waals surface area contributed by atoms with Crippen LogP contribution in [-0.4, -0.2) is 42.2 Å². The average Bonchev–Trinajstić information content (AvgIpc) is 2.40. The van der Waals surface area contributed by atoms with Crippen LogP contribution in [0.15, 0.2) is 12.1 Å². The third kappa shape index (κ3) is 2.98. The van der Waals surface area contributed by atoms with E-state index in [-0.39, 0.29) is 0 Å². The summed E-state index contributed by atoms with van der Waals surface area (Å²) in [7, 11) is 0. The van der Waals surface area contributed by atoms with Crippen molar-refractivity contribution in [3.63, 3.8) is 0 Å². The number of carboxylic acid groups (broad SMARTS) is 1. The number of anilines is 1. The molecule has 2 rings (SSSR count). The Kier molecular flexibility index (Phi) is 4.15. The quantitative estimate of drug-likeness (QED) is 0.837. The standard InChI is InChI=1S/C13H19N3O2/c1-2-3-11-8-10(13(17)18)9-12(15-11)16-6-4-14-5-7-16/h8-9,14H,2-7H2,1H3,(H,17,18). The predicted molar refractivity (Wildman–Crippen MR) is 70.3 cm³/mol. The summed E-state index contributed by atoms with van der Waals surface area (Å²) in [5.74, 6) is -0.0917. The van der Waals surface area contributed by atoms with Crippen LogP contribution in [0.25, 0.3) is 0 Å². The number of rotatable bonds is 4. The van der Waals surface area contributed by atoms with E-state index in [0.717, 1.165) is 50.5 Å². The van der Waals surface area contributed by atoms with E-state index in [2.05, 4.69) is 22.1 Å². The molecule has 0 amide bonds. The number of aromatic carboxylic acids is 1. The molecule has 1 fully saturated rings. The summed E-state index contributed by atoms with van der Waals surface area (Å²) in [5.41, 5.74) is 1.20. The lowest BCUT2D eigenvalue weighted by atomic mass is 10.1. The number of nitrogens with one attached hydrogen (secondary N) is 1. The average molecular weight is 249 g/mol. The molecule has 0 atom stereocenters. The van der Waals surface area contributed by atoms with Crippen LogP contribution in [0.2, 0.25) is 0 Å². The predicted octanol–water partition coefficient (Wildman–Crippen LogP) is 1.14. The van der Waals surface area contributed by atoms with E-state index in [1.165, 1.54) is 0 Å². The third-order valence-electron chi connectivity index (χ3n) is 3.06. The second-order valence-corrected chi connectivity index (χ2v) is 4.50. The Bertz CT molecular complexity index is 428. The summed E-state index contributed by atoms with van der Waals surface area (Å²) >= 11 is 0. The third-order valence-corrected chi connectivity index (χ3v) is 3.06. The molecule has 18 heavy (non-hydrogen) atoms. The van der Waals surface area contributed by atoms with Crippen molar-refractivity contribution < 1.29 is 9.90 Å². The van der Waals surface area contributed by atoms with Gasteiger partial charge in [0.25, 0.3) is 0 Å². The molecule has 0 spiro atoms. The van der Waals surface area contributed by atoms with Gasteiger partial charge in [0.1, 0.15) is 5.82 Å². The fourth-order valence-electron chi connectivity index (χ4n) is 2.14. The SMILES string of the molecule is CCCc1cc(C(=O)O)cc(N2CCNCC2)n1. The number of carbonyl (C=O) groups is 1. The zero-order chi connectivity index (χ0) is 13.0. The number of carboxylic acids is 1. The van der Waals surface area contributed by atoms with Crippen molar-refractivity contribution in [2.24, 2.45) is 0 Å². The van der Waals surface area contributed by atoms with Gasteiger partial charge in [0.05, 0.1) is 5.56 Å². The van der Waals surface area contributed by atoms with Gasteiger partial charge in [0.2, 0.25) is 0 Å². The first kappa shape index (κ1) is 12.8. The smallest absolute Gasteiger partial charge is 0.335 e. The monoisotopic (exact) mass is 249 g/mol. The summed E-state index contributed by atoms with van der Waals surface area (Å²) in [6.45, 7) is 5.66. The van der Waals surface area contributed by atoms with Gasteiger partial charge >= 0.3 is 5.97 Å². The molecule has 1 aliphatic rings. The van der Waals surface area contributed by atoms with E-state index < -0.39 is 5.97 Å². The van der Waals surface area contributed by atoms with Crippen LogP contribution < -0.4 is 10.2 Å². The minimum atomic E-state index is -0.883. The lowest BCUT2D eigenvalue weighted by Crippen LogP contribution is -2.44. The van der Waals surface area contributed by atoms with Crippen LogP contribution in [0, 0.1) is 0 Å². The normalized spacial score (nSPS) is 15.7. The summed E-state index contributed by atoms with van der Waals surface area (Å²) in [5, 5.41) is 12.4. The molecule has 1 aromatic rings. The van der Waals surface area contributed by atoms with Crippen molar-refractivity contribution in [3.05, 3.63) is 23.4 Å². The lowest BCUT2D eigenvalue weighted by molar-refractivity contribution is 0.0696. The lowest BCUT2D eigenvalue weighted by Gasteiger charge is -2.28. The van der Waals surface area contributed by atoms with Gasteiger partial charge in [-0.3, -0.25) is 0 Å². The number of hydrogen-bond acceptors (Lipinski definition) is 4.